The Hall–Kier alpha value is -0.260. The zero-order valence-corrected chi connectivity index (χ0v) is 11.1. The first-order valence-corrected chi connectivity index (χ1v) is 6.86. The van der Waals surface area contributed by atoms with Gasteiger partial charge in [0.15, 0.2) is 0 Å². The van der Waals surface area contributed by atoms with Gasteiger partial charge in [0.25, 0.3) is 11.4 Å². The van der Waals surface area contributed by atoms with Crippen molar-refractivity contribution in [1.82, 2.24) is 0 Å². The van der Waals surface area contributed by atoms with E-state index in [1.165, 1.54) is 38.5 Å². The lowest BCUT2D eigenvalue weighted by molar-refractivity contribution is -0.117. The van der Waals surface area contributed by atoms with Crippen LogP contribution in [0.2, 0.25) is 0 Å². The van der Waals surface area contributed by atoms with Gasteiger partial charge in [-0.25, -0.2) is 0 Å². The predicted molar refractivity (Wildman–Crippen MR) is 66.7 cm³/mol. The minimum atomic E-state index is -2.61. The van der Waals surface area contributed by atoms with Crippen molar-refractivity contribution in [2.75, 3.05) is 0 Å². The lowest BCUT2D eigenvalue weighted by Gasteiger charge is -1.98. The Labute approximate surface area is 101 Å². The summed E-state index contributed by atoms with van der Waals surface area (Å²) in [6.45, 7) is 3.91. The molecule has 4 nitrogen and oxygen atoms in total. The molecule has 0 aliphatic carbocycles. The second-order valence-electron chi connectivity index (χ2n) is 3.80. The fourth-order valence-corrected chi connectivity index (χ4v) is 1.33. The average Bonchev–Trinajstić information content (AvgIpc) is 2.15. The van der Waals surface area contributed by atoms with Crippen LogP contribution in [0.4, 0.5) is 0 Å². The van der Waals surface area contributed by atoms with Gasteiger partial charge in [0.2, 0.25) is 0 Å². The number of hydrogen-bond donors (Lipinski definition) is 2. The van der Waals surface area contributed by atoms with E-state index in [2.05, 4.69) is 6.92 Å². The van der Waals surface area contributed by atoms with Gasteiger partial charge < -0.3 is 4.79 Å². The maximum absolute atomic E-state index is 10.6. The van der Waals surface area contributed by atoms with E-state index >= 15 is 0 Å². The van der Waals surface area contributed by atoms with E-state index < -0.39 is 11.4 Å². The Morgan fingerprint density at radius 1 is 1.00 bits per heavy atom. The van der Waals surface area contributed by atoms with Crippen molar-refractivity contribution >= 4 is 17.1 Å². The second kappa shape index (κ2) is 14.7. The van der Waals surface area contributed by atoms with E-state index in [9.17, 15) is 4.79 Å². The standard InChI is InChI=1S/C11H22O.H2O3S/c1-3-4-5-6-7-8-9-10-11(2)12;1-4(2)3/h3-10H2,1-2H3;(H2,1,2,3). The maximum atomic E-state index is 10.6. The first kappa shape index (κ1) is 18.1. The number of carbonyl (C=O) groups excluding carboxylic acids is 1. The van der Waals surface area contributed by atoms with Crippen LogP contribution >= 0.6 is 0 Å². The van der Waals surface area contributed by atoms with E-state index in [4.69, 9.17) is 13.3 Å². The molecule has 0 bridgehead atoms. The van der Waals surface area contributed by atoms with E-state index in [1.54, 1.807) is 6.92 Å². The van der Waals surface area contributed by atoms with Crippen LogP contribution in [0.15, 0.2) is 0 Å². The van der Waals surface area contributed by atoms with Gasteiger partial charge in [-0.3, -0.25) is 9.11 Å². The molecule has 5 heteroatoms. The summed E-state index contributed by atoms with van der Waals surface area (Å²) in [6, 6.07) is 0. The zero-order chi connectivity index (χ0) is 12.8. The van der Waals surface area contributed by atoms with Gasteiger partial charge in [-0.1, -0.05) is 45.4 Å². The fourth-order valence-electron chi connectivity index (χ4n) is 1.33. The highest BCUT2D eigenvalue weighted by molar-refractivity contribution is 7.73. The molecule has 0 aliphatic rings. The lowest BCUT2D eigenvalue weighted by atomic mass is 10.1. The maximum Gasteiger partial charge on any atom is 0.299 e. The third-order valence-corrected chi connectivity index (χ3v) is 2.13. The first-order valence-electron chi connectivity index (χ1n) is 5.80. The van der Waals surface area contributed by atoms with Gasteiger partial charge in [0.05, 0.1) is 0 Å². The van der Waals surface area contributed by atoms with Crippen molar-refractivity contribution in [3.63, 3.8) is 0 Å². The summed E-state index contributed by atoms with van der Waals surface area (Å²) in [4.78, 5) is 10.6. The van der Waals surface area contributed by atoms with Crippen LogP contribution in [-0.2, 0) is 16.2 Å². The van der Waals surface area contributed by atoms with E-state index in [0.717, 1.165) is 12.8 Å². The van der Waals surface area contributed by atoms with Crippen LogP contribution < -0.4 is 0 Å². The largest absolute Gasteiger partial charge is 0.300 e. The number of hydrogen-bond acceptors (Lipinski definition) is 2. The average molecular weight is 252 g/mol. The van der Waals surface area contributed by atoms with Crippen molar-refractivity contribution in [3.8, 4) is 0 Å². The van der Waals surface area contributed by atoms with Gasteiger partial charge in [0.1, 0.15) is 5.78 Å². The molecule has 0 fully saturated rings. The number of rotatable bonds is 8. The predicted octanol–water partition coefficient (Wildman–Crippen LogP) is 3.40. The molecule has 98 valence electrons. The van der Waals surface area contributed by atoms with Crippen LogP contribution in [0.1, 0.15) is 65.2 Å². The van der Waals surface area contributed by atoms with E-state index in [0.29, 0.717) is 5.78 Å². The van der Waals surface area contributed by atoms with E-state index in [-0.39, 0.29) is 0 Å². The third-order valence-electron chi connectivity index (χ3n) is 2.13. The van der Waals surface area contributed by atoms with Gasteiger partial charge in [-0.15, -0.1) is 0 Å². The van der Waals surface area contributed by atoms with Crippen LogP contribution in [0.3, 0.4) is 0 Å². The Balaban J connectivity index is 0. The van der Waals surface area contributed by atoms with Crippen LogP contribution in [-0.4, -0.2) is 19.1 Å². The van der Waals surface area contributed by atoms with Gasteiger partial charge in [-0.2, -0.15) is 4.21 Å². The molecular formula is C11H24O4S. The molecule has 0 spiro atoms. The Bertz CT molecular complexity index is 179. The molecular weight excluding hydrogens is 228 g/mol. The highest BCUT2D eigenvalue weighted by Gasteiger charge is 1.93. The Morgan fingerprint density at radius 3 is 1.75 bits per heavy atom. The summed E-state index contributed by atoms with van der Waals surface area (Å²) in [7, 11) is 0. The summed E-state index contributed by atoms with van der Waals surface area (Å²) in [5.41, 5.74) is 0. The smallest absolute Gasteiger partial charge is 0.299 e. The summed E-state index contributed by atoms with van der Waals surface area (Å²) in [6.07, 6.45) is 9.84. The summed E-state index contributed by atoms with van der Waals surface area (Å²) in [5, 5.41) is 0. The lowest BCUT2D eigenvalue weighted by Crippen LogP contribution is -1.89. The van der Waals surface area contributed by atoms with Gasteiger partial charge >= 0.3 is 0 Å². The molecule has 0 amide bonds. The molecule has 0 unspecified atom stereocenters. The normalized spacial score (nSPS) is 9.81. The highest BCUT2D eigenvalue weighted by Crippen LogP contribution is 2.08. The number of unbranched alkanes of at least 4 members (excludes halogenated alkanes) is 6. The molecule has 0 aromatic carbocycles. The molecule has 0 aromatic rings. The number of Topliss-reactive ketones (excluding diaryl/α,β-unsaturated/α-hetero) is 1. The minimum Gasteiger partial charge on any atom is -0.300 e. The van der Waals surface area contributed by atoms with Crippen molar-refractivity contribution in [2.45, 2.75) is 65.2 Å². The van der Waals surface area contributed by atoms with Gasteiger partial charge in [0, 0.05) is 6.42 Å². The van der Waals surface area contributed by atoms with Crippen LogP contribution in [0.5, 0.6) is 0 Å². The van der Waals surface area contributed by atoms with E-state index in [1.807, 2.05) is 0 Å². The minimum absolute atomic E-state index is 0.337. The summed E-state index contributed by atoms with van der Waals surface area (Å²) >= 11 is -2.61. The molecule has 0 radical (unpaired) electrons. The van der Waals surface area contributed by atoms with Crippen molar-refractivity contribution in [3.05, 3.63) is 0 Å². The molecule has 0 heterocycles. The number of ketones is 1. The quantitative estimate of drug-likeness (QED) is 0.513. The first-order chi connectivity index (χ1) is 7.50. The topological polar surface area (TPSA) is 74.6 Å². The van der Waals surface area contributed by atoms with Crippen LogP contribution in [0, 0.1) is 0 Å². The number of carbonyl (C=O) groups is 1. The SMILES string of the molecule is CCCCCCCCCC(C)=O.O=S(O)O. The molecule has 0 atom stereocenters. The molecule has 0 saturated heterocycles. The Kier molecular flexibility index (Phi) is 16.7. The van der Waals surface area contributed by atoms with Crippen LogP contribution in [0.25, 0.3) is 0 Å². The fraction of sp³-hybridized carbons (Fsp3) is 0.909. The van der Waals surface area contributed by atoms with Crippen molar-refractivity contribution < 1.29 is 18.1 Å². The van der Waals surface area contributed by atoms with Gasteiger partial charge in [-0.05, 0) is 13.3 Å². The summed E-state index contributed by atoms with van der Waals surface area (Å²) in [5.74, 6) is 0.337. The Morgan fingerprint density at radius 2 is 1.38 bits per heavy atom. The molecule has 0 aromatic heterocycles. The molecule has 0 saturated carbocycles. The second-order valence-corrected chi connectivity index (χ2v) is 4.27. The molecule has 2 N–H and O–H groups in total. The summed E-state index contributed by atoms with van der Waals surface area (Å²) < 4.78 is 22.8. The molecule has 0 rings (SSSR count). The monoisotopic (exact) mass is 252 g/mol. The third kappa shape index (κ3) is 29.2. The zero-order valence-electron chi connectivity index (χ0n) is 10.3. The van der Waals surface area contributed by atoms with Crippen molar-refractivity contribution in [2.24, 2.45) is 0 Å². The highest BCUT2D eigenvalue weighted by atomic mass is 32.2. The molecule has 16 heavy (non-hydrogen) atoms. The van der Waals surface area contributed by atoms with Crippen molar-refractivity contribution in [1.29, 1.82) is 0 Å². The molecule has 0 aliphatic heterocycles.